The van der Waals surface area contributed by atoms with Crippen LogP contribution in [0, 0.1) is 5.82 Å². The van der Waals surface area contributed by atoms with Crippen molar-refractivity contribution in [2.24, 2.45) is 7.05 Å². The summed E-state index contributed by atoms with van der Waals surface area (Å²) in [5, 5.41) is 7.94. The highest BCUT2D eigenvalue weighted by Gasteiger charge is 2.23. The topological polar surface area (TPSA) is 29.9 Å². The molecule has 102 valence electrons. The number of aromatic nitrogens is 2. The van der Waals surface area contributed by atoms with Crippen LogP contribution in [-0.2, 0) is 7.05 Å². The van der Waals surface area contributed by atoms with Gasteiger partial charge in [0.2, 0.25) is 0 Å². The highest BCUT2D eigenvalue weighted by atomic mass is 79.9. The fraction of sp³-hybridized carbons (Fsp3) is 0.308. The number of nitrogens with one attached hydrogen (secondary N) is 1. The first-order valence-corrected chi connectivity index (χ1v) is 7.07. The van der Waals surface area contributed by atoms with E-state index in [0.29, 0.717) is 17.1 Å². The minimum atomic E-state index is -0.300. The van der Waals surface area contributed by atoms with Crippen LogP contribution in [0.5, 0.6) is 0 Å². The Morgan fingerprint density at radius 3 is 2.84 bits per heavy atom. The lowest BCUT2D eigenvalue weighted by Crippen LogP contribution is -2.25. The predicted molar refractivity (Wildman–Crippen MR) is 77.8 cm³/mol. The minimum Gasteiger partial charge on any atom is -0.305 e. The zero-order chi connectivity index (χ0) is 14.0. The van der Waals surface area contributed by atoms with Crippen LogP contribution >= 0.6 is 27.5 Å². The third-order valence-corrected chi connectivity index (χ3v) is 3.73. The van der Waals surface area contributed by atoms with Crippen molar-refractivity contribution in [3.63, 3.8) is 0 Å². The fourth-order valence-electron chi connectivity index (χ4n) is 2.04. The minimum absolute atomic E-state index is 0.288. The van der Waals surface area contributed by atoms with E-state index < -0.39 is 0 Å². The molecule has 0 aliphatic heterocycles. The van der Waals surface area contributed by atoms with Gasteiger partial charge in [-0.25, -0.2) is 4.39 Å². The van der Waals surface area contributed by atoms with Gasteiger partial charge in [0.1, 0.15) is 5.82 Å². The number of benzene rings is 1. The number of nitrogens with zero attached hydrogens (tertiary/aromatic N) is 2. The normalized spacial score (nSPS) is 12.7. The summed E-state index contributed by atoms with van der Waals surface area (Å²) in [5.41, 5.74) is 1.38. The molecule has 1 unspecified atom stereocenters. The summed E-state index contributed by atoms with van der Waals surface area (Å²) >= 11 is 9.42. The van der Waals surface area contributed by atoms with E-state index in [-0.39, 0.29) is 11.9 Å². The van der Waals surface area contributed by atoms with Gasteiger partial charge in [0, 0.05) is 17.6 Å². The van der Waals surface area contributed by atoms with Gasteiger partial charge in [-0.3, -0.25) is 4.68 Å². The number of rotatable bonds is 4. The van der Waals surface area contributed by atoms with E-state index in [0.717, 1.165) is 10.2 Å². The van der Waals surface area contributed by atoms with E-state index in [9.17, 15) is 4.39 Å². The quantitative estimate of drug-likeness (QED) is 0.915. The summed E-state index contributed by atoms with van der Waals surface area (Å²) in [6.07, 6.45) is 1.70. The maximum Gasteiger partial charge on any atom is 0.128 e. The Kier molecular flexibility index (Phi) is 4.60. The molecule has 1 heterocycles. The molecule has 1 aromatic carbocycles. The molecule has 6 heteroatoms. The van der Waals surface area contributed by atoms with Crippen LogP contribution in [0.2, 0.25) is 5.02 Å². The Hall–Kier alpha value is -0.910. The third-order valence-electron chi connectivity index (χ3n) is 2.89. The lowest BCUT2D eigenvalue weighted by molar-refractivity contribution is 0.531. The molecule has 0 amide bonds. The summed E-state index contributed by atoms with van der Waals surface area (Å²) in [6, 6.07) is 4.27. The van der Waals surface area contributed by atoms with E-state index in [1.807, 2.05) is 14.0 Å². The van der Waals surface area contributed by atoms with Gasteiger partial charge < -0.3 is 5.32 Å². The van der Waals surface area contributed by atoms with Gasteiger partial charge in [-0.2, -0.15) is 5.10 Å². The van der Waals surface area contributed by atoms with Gasteiger partial charge in [-0.15, -0.1) is 0 Å². The number of hydrogen-bond donors (Lipinski definition) is 1. The second-order valence-corrected chi connectivity index (χ2v) is 5.45. The molecule has 3 nitrogen and oxygen atoms in total. The van der Waals surface area contributed by atoms with E-state index in [1.165, 1.54) is 6.07 Å². The lowest BCUT2D eigenvalue weighted by atomic mass is 10.0. The molecule has 1 N–H and O–H groups in total. The predicted octanol–water partition coefficient (Wildman–Crippen LogP) is 3.67. The molecule has 2 aromatic rings. The highest BCUT2D eigenvalue weighted by molar-refractivity contribution is 9.10. The molecule has 0 bridgehead atoms. The van der Waals surface area contributed by atoms with Gasteiger partial charge in [0.25, 0.3) is 0 Å². The van der Waals surface area contributed by atoms with Crippen molar-refractivity contribution in [3.05, 3.63) is 51.0 Å². The Labute approximate surface area is 124 Å². The van der Waals surface area contributed by atoms with E-state index in [1.54, 1.807) is 23.0 Å². The summed E-state index contributed by atoms with van der Waals surface area (Å²) < 4.78 is 16.6. The monoisotopic (exact) mass is 345 g/mol. The molecule has 0 fully saturated rings. The third kappa shape index (κ3) is 2.99. The summed E-state index contributed by atoms with van der Waals surface area (Å²) in [5.74, 6) is -0.288. The molecular weight excluding hydrogens is 333 g/mol. The molecule has 0 radical (unpaired) electrons. The Bertz CT molecular complexity index is 566. The smallest absolute Gasteiger partial charge is 0.128 e. The zero-order valence-electron chi connectivity index (χ0n) is 10.6. The van der Waals surface area contributed by atoms with Crippen molar-refractivity contribution in [2.75, 3.05) is 6.54 Å². The lowest BCUT2D eigenvalue weighted by Gasteiger charge is -2.20. The van der Waals surface area contributed by atoms with E-state index in [4.69, 9.17) is 11.6 Å². The van der Waals surface area contributed by atoms with Crippen molar-refractivity contribution < 1.29 is 4.39 Å². The number of aryl methyl sites for hydroxylation is 1. The van der Waals surface area contributed by atoms with E-state index in [2.05, 4.69) is 26.3 Å². The Morgan fingerprint density at radius 2 is 2.26 bits per heavy atom. The van der Waals surface area contributed by atoms with Crippen LogP contribution in [0.3, 0.4) is 0 Å². The molecule has 19 heavy (non-hydrogen) atoms. The van der Waals surface area contributed by atoms with Gasteiger partial charge in [-0.1, -0.05) is 18.5 Å². The van der Waals surface area contributed by atoms with Crippen LogP contribution in [0.1, 0.15) is 24.2 Å². The zero-order valence-corrected chi connectivity index (χ0v) is 13.0. The Balaban J connectivity index is 2.54. The molecule has 2 rings (SSSR count). The molecule has 0 aliphatic rings. The average molecular weight is 347 g/mol. The molecule has 0 saturated carbocycles. The molecule has 1 aromatic heterocycles. The first-order valence-electron chi connectivity index (χ1n) is 5.90. The van der Waals surface area contributed by atoms with Crippen molar-refractivity contribution >= 4 is 27.5 Å². The number of hydrogen-bond acceptors (Lipinski definition) is 2. The largest absolute Gasteiger partial charge is 0.305 e. The highest BCUT2D eigenvalue weighted by Crippen LogP contribution is 2.31. The van der Waals surface area contributed by atoms with Gasteiger partial charge >= 0.3 is 0 Å². The average Bonchev–Trinajstić information content (AvgIpc) is 2.70. The molecule has 0 aliphatic carbocycles. The van der Waals surface area contributed by atoms with E-state index >= 15 is 0 Å². The molecule has 0 saturated heterocycles. The van der Waals surface area contributed by atoms with Crippen LogP contribution < -0.4 is 5.32 Å². The first kappa shape index (κ1) is 14.5. The van der Waals surface area contributed by atoms with Crippen molar-refractivity contribution in [1.82, 2.24) is 15.1 Å². The first-order chi connectivity index (χ1) is 9.04. The second-order valence-electron chi connectivity index (χ2n) is 4.16. The standard InChI is InChI=1S/C13H14BrClFN3/c1-3-17-12(13-10(14)7-18-19(13)2)9-6-8(15)4-5-11(9)16/h4-7,12,17H,3H2,1-2H3. The van der Waals surface area contributed by atoms with Crippen LogP contribution in [0.4, 0.5) is 4.39 Å². The van der Waals surface area contributed by atoms with Crippen LogP contribution in [0.15, 0.2) is 28.9 Å². The fourth-order valence-corrected chi connectivity index (χ4v) is 2.80. The second kappa shape index (κ2) is 6.03. The Morgan fingerprint density at radius 1 is 1.53 bits per heavy atom. The molecular formula is C13H14BrClFN3. The van der Waals surface area contributed by atoms with Gasteiger partial charge in [0.15, 0.2) is 0 Å². The summed E-state index contributed by atoms with van der Waals surface area (Å²) in [7, 11) is 1.83. The molecule has 0 spiro atoms. The van der Waals surface area contributed by atoms with Crippen molar-refractivity contribution in [1.29, 1.82) is 0 Å². The van der Waals surface area contributed by atoms with Crippen LogP contribution in [-0.4, -0.2) is 16.3 Å². The van der Waals surface area contributed by atoms with Gasteiger partial charge in [-0.05, 0) is 40.7 Å². The summed E-state index contributed by atoms with van der Waals surface area (Å²) in [6.45, 7) is 2.67. The van der Waals surface area contributed by atoms with Crippen molar-refractivity contribution in [2.45, 2.75) is 13.0 Å². The maximum atomic E-state index is 14.1. The SMILES string of the molecule is CCNC(c1cc(Cl)ccc1F)c1c(Br)cnn1C. The van der Waals surface area contributed by atoms with Crippen LogP contribution in [0.25, 0.3) is 0 Å². The maximum absolute atomic E-state index is 14.1. The van der Waals surface area contributed by atoms with Crippen molar-refractivity contribution in [3.8, 4) is 0 Å². The summed E-state index contributed by atoms with van der Waals surface area (Å²) in [4.78, 5) is 0. The number of halogens is 3. The molecule has 1 atom stereocenters. The van der Waals surface area contributed by atoms with Gasteiger partial charge in [0.05, 0.1) is 22.4 Å².